The highest BCUT2D eigenvalue weighted by atomic mass is 32.2. The van der Waals surface area contributed by atoms with Crippen LogP contribution in [0.3, 0.4) is 0 Å². The molecule has 0 bridgehead atoms. The van der Waals surface area contributed by atoms with Gasteiger partial charge in [-0.3, -0.25) is 9.52 Å². The first-order valence-corrected chi connectivity index (χ1v) is 12.9. The molecule has 0 atom stereocenters. The second-order valence-corrected chi connectivity index (χ2v) is 9.86. The van der Waals surface area contributed by atoms with Crippen LogP contribution in [0.25, 0.3) is 11.0 Å². The number of aliphatic hydroxyl groups excluding tert-OH is 1. The molecule has 0 fully saturated rings. The van der Waals surface area contributed by atoms with Crippen LogP contribution in [0.2, 0.25) is 0 Å². The number of rotatable bonds is 11. The minimum atomic E-state index is -4.05. The van der Waals surface area contributed by atoms with Gasteiger partial charge in [0, 0.05) is 24.8 Å². The number of methoxy groups -OCH3 is 1. The van der Waals surface area contributed by atoms with Crippen LogP contribution in [0.5, 0.6) is 5.75 Å². The van der Waals surface area contributed by atoms with Gasteiger partial charge in [-0.2, -0.15) is 0 Å². The van der Waals surface area contributed by atoms with E-state index in [2.05, 4.69) is 20.0 Å². The molecule has 11 heteroatoms. The van der Waals surface area contributed by atoms with Crippen molar-refractivity contribution in [1.82, 2.24) is 9.97 Å². The number of carbonyl (C=O) groups is 1. The van der Waals surface area contributed by atoms with Crippen molar-refractivity contribution in [1.29, 1.82) is 0 Å². The van der Waals surface area contributed by atoms with Gasteiger partial charge in [0.2, 0.25) is 0 Å². The molecule has 0 unspecified atom stereocenters. The number of carboxylic acid groups (broad SMARTS) is 1. The maximum Gasteiger partial charge on any atom is 0.303 e. The van der Waals surface area contributed by atoms with Crippen molar-refractivity contribution in [2.24, 2.45) is 0 Å². The fourth-order valence-electron chi connectivity index (χ4n) is 3.70. The lowest BCUT2D eigenvalue weighted by Gasteiger charge is -2.16. The van der Waals surface area contributed by atoms with Gasteiger partial charge in [0.1, 0.15) is 5.75 Å². The number of ether oxygens (including phenoxy) is 1. The SMILES string of the molecule is COc1ccc(CCO)c(Nc2nc3ccccc3nc2NS(=O)(=O)c2ccc(CCC(=O)O)cc2)c1. The van der Waals surface area contributed by atoms with Crippen molar-refractivity contribution in [3.63, 3.8) is 0 Å². The summed E-state index contributed by atoms with van der Waals surface area (Å²) in [6.45, 7) is -0.0770. The van der Waals surface area contributed by atoms with Gasteiger partial charge >= 0.3 is 5.97 Å². The fraction of sp³-hybridized carbons (Fsp3) is 0.192. The highest BCUT2D eigenvalue weighted by Gasteiger charge is 2.20. The molecule has 0 aliphatic rings. The summed E-state index contributed by atoms with van der Waals surface area (Å²) in [7, 11) is -2.52. The highest BCUT2D eigenvalue weighted by Crippen LogP contribution is 2.31. The van der Waals surface area contributed by atoms with Crippen LogP contribution in [0, 0.1) is 0 Å². The summed E-state index contributed by atoms with van der Waals surface area (Å²) in [5.41, 5.74) is 3.13. The number of nitrogens with zero attached hydrogens (tertiary/aromatic N) is 2. The van der Waals surface area contributed by atoms with Crippen LogP contribution >= 0.6 is 0 Å². The third kappa shape index (κ3) is 6.32. The summed E-state index contributed by atoms with van der Waals surface area (Å²) >= 11 is 0. The number of aryl methyl sites for hydroxylation is 1. The van der Waals surface area contributed by atoms with Crippen LogP contribution in [0.4, 0.5) is 17.3 Å². The molecule has 0 radical (unpaired) electrons. The molecule has 4 N–H and O–H groups in total. The number of carboxylic acids is 1. The zero-order valence-corrected chi connectivity index (χ0v) is 20.8. The molecule has 4 rings (SSSR count). The first-order chi connectivity index (χ1) is 17.8. The molecule has 0 spiro atoms. The summed E-state index contributed by atoms with van der Waals surface area (Å²) in [6.07, 6.45) is 0.612. The number of aromatic nitrogens is 2. The lowest BCUT2D eigenvalue weighted by molar-refractivity contribution is -0.136. The van der Waals surface area contributed by atoms with Crippen molar-refractivity contribution in [3.8, 4) is 5.75 Å². The Bertz CT molecular complexity index is 1520. The Hall–Kier alpha value is -4.22. The number of hydrogen-bond donors (Lipinski definition) is 4. The predicted octanol–water partition coefficient (Wildman–Crippen LogP) is 3.73. The number of para-hydroxylation sites is 2. The van der Waals surface area contributed by atoms with Crippen LogP contribution in [-0.4, -0.2) is 48.3 Å². The van der Waals surface area contributed by atoms with Crippen LogP contribution in [0.1, 0.15) is 17.5 Å². The van der Waals surface area contributed by atoms with Gasteiger partial charge in [-0.1, -0.05) is 30.3 Å². The molecule has 1 aromatic heterocycles. The zero-order chi connectivity index (χ0) is 26.4. The van der Waals surface area contributed by atoms with Gasteiger partial charge < -0.3 is 20.3 Å². The lowest BCUT2D eigenvalue weighted by Crippen LogP contribution is -2.16. The Morgan fingerprint density at radius 2 is 1.62 bits per heavy atom. The lowest BCUT2D eigenvalue weighted by atomic mass is 10.1. The van der Waals surface area contributed by atoms with Gasteiger partial charge in [0.05, 0.1) is 23.0 Å². The third-order valence-corrected chi connectivity index (χ3v) is 6.97. The summed E-state index contributed by atoms with van der Waals surface area (Å²) < 4.78 is 34.3. The fourth-order valence-corrected chi connectivity index (χ4v) is 4.71. The Morgan fingerprint density at radius 3 is 2.24 bits per heavy atom. The topological polar surface area (TPSA) is 151 Å². The monoisotopic (exact) mass is 522 g/mol. The number of benzene rings is 3. The Labute approximate surface area is 214 Å². The molecule has 0 saturated carbocycles. The minimum absolute atomic E-state index is 0.00478. The Kier molecular flexibility index (Phi) is 7.85. The minimum Gasteiger partial charge on any atom is -0.497 e. The number of sulfonamides is 1. The van der Waals surface area contributed by atoms with E-state index in [9.17, 15) is 18.3 Å². The van der Waals surface area contributed by atoms with E-state index < -0.39 is 16.0 Å². The van der Waals surface area contributed by atoms with E-state index in [0.717, 1.165) is 5.56 Å². The number of nitrogens with one attached hydrogen (secondary N) is 2. The molecule has 1 heterocycles. The molecule has 3 aromatic carbocycles. The average Bonchev–Trinajstić information content (AvgIpc) is 2.89. The van der Waals surface area contributed by atoms with Crippen molar-refractivity contribution < 1.29 is 28.2 Å². The van der Waals surface area contributed by atoms with E-state index >= 15 is 0 Å². The van der Waals surface area contributed by atoms with Gasteiger partial charge in [0.15, 0.2) is 11.6 Å². The predicted molar refractivity (Wildman–Crippen MR) is 140 cm³/mol. The van der Waals surface area contributed by atoms with Crippen molar-refractivity contribution in [2.45, 2.75) is 24.2 Å². The largest absolute Gasteiger partial charge is 0.497 e. The summed E-state index contributed by atoms with van der Waals surface area (Å²) in [4.78, 5) is 19.9. The Morgan fingerprint density at radius 1 is 0.946 bits per heavy atom. The number of anilines is 3. The zero-order valence-electron chi connectivity index (χ0n) is 20.0. The molecular formula is C26H26N4O6S. The molecule has 0 amide bonds. The van der Waals surface area contributed by atoms with E-state index in [1.54, 1.807) is 48.5 Å². The molecule has 4 aromatic rings. The van der Waals surface area contributed by atoms with Crippen LogP contribution in [-0.2, 0) is 27.7 Å². The van der Waals surface area contributed by atoms with Crippen molar-refractivity contribution in [2.75, 3.05) is 23.8 Å². The van der Waals surface area contributed by atoms with E-state index in [4.69, 9.17) is 9.84 Å². The summed E-state index contributed by atoms with van der Waals surface area (Å²) in [5, 5.41) is 21.5. The van der Waals surface area contributed by atoms with E-state index in [0.29, 0.717) is 40.9 Å². The maximum atomic E-state index is 13.2. The molecule has 192 valence electrons. The maximum absolute atomic E-state index is 13.2. The number of fused-ring (bicyclic) bond motifs is 1. The molecular weight excluding hydrogens is 496 g/mol. The van der Waals surface area contributed by atoms with Crippen LogP contribution < -0.4 is 14.8 Å². The van der Waals surface area contributed by atoms with E-state index in [1.807, 2.05) is 6.07 Å². The smallest absolute Gasteiger partial charge is 0.303 e. The average molecular weight is 523 g/mol. The second-order valence-electron chi connectivity index (χ2n) is 8.17. The van der Waals surface area contributed by atoms with Crippen LogP contribution in [0.15, 0.2) is 71.6 Å². The summed E-state index contributed by atoms with van der Waals surface area (Å²) in [6, 6.07) is 18.4. The van der Waals surface area contributed by atoms with Crippen molar-refractivity contribution in [3.05, 3.63) is 77.9 Å². The van der Waals surface area contributed by atoms with E-state index in [-0.39, 0.29) is 29.6 Å². The standard InChI is InChI=1S/C26H26N4O6S/c1-36-19-10-9-18(14-15-31)23(16-19)29-25-26(28-22-5-3-2-4-21(22)27-25)30-37(34,35)20-11-6-17(7-12-20)8-13-24(32)33/h2-7,9-12,16,31H,8,13-15H2,1H3,(H,27,29)(H,28,30)(H,32,33). The third-order valence-electron chi connectivity index (χ3n) is 5.61. The van der Waals surface area contributed by atoms with Crippen molar-refractivity contribution >= 4 is 44.3 Å². The molecule has 37 heavy (non-hydrogen) atoms. The number of aliphatic hydroxyl groups is 1. The molecule has 0 aliphatic heterocycles. The molecule has 10 nitrogen and oxygen atoms in total. The Balaban J connectivity index is 1.71. The molecule has 0 aliphatic carbocycles. The summed E-state index contributed by atoms with van der Waals surface area (Å²) in [5.74, 6) is -0.186. The number of hydrogen-bond acceptors (Lipinski definition) is 8. The normalized spacial score (nSPS) is 11.3. The van der Waals surface area contributed by atoms with Gasteiger partial charge in [-0.25, -0.2) is 18.4 Å². The molecule has 0 saturated heterocycles. The first kappa shape index (κ1) is 25.9. The second kappa shape index (κ2) is 11.2. The quantitative estimate of drug-likeness (QED) is 0.231. The van der Waals surface area contributed by atoms with Gasteiger partial charge in [-0.15, -0.1) is 0 Å². The van der Waals surface area contributed by atoms with Gasteiger partial charge in [0.25, 0.3) is 10.0 Å². The van der Waals surface area contributed by atoms with E-state index in [1.165, 1.54) is 19.2 Å². The number of aliphatic carboxylic acids is 1. The first-order valence-electron chi connectivity index (χ1n) is 11.4. The highest BCUT2D eigenvalue weighted by molar-refractivity contribution is 7.92. The van der Waals surface area contributed by atoms with Gasteiger partial charge in [-0.05, 0) is 54.3 Å².